The highest BCUT2D eigenvalue weighted by Gasteiger charge is 2.26. The summed E-state index contributed by atoms with van der Waals surface area (Å²) in [5, 5.41) is 2.50. The summed E-state index contributed by atoms with van der Waals surface area (Å²) in [6, 6.07) is 11.2. The molecule has 2 heterocycles. The molecule has 1 fully saturated rings. The molecular formula is C20H20FN3O4. The Morgan fingerprint density at radius 3 is 2.43 bits per heavy atom. The number of halogens is 1. The molecule has 0 bridgehead atoms. The number of anilines is 1. The van der Waals surface area contributed by atoms with E-state index in [1.165, 1.54) is 29.2 Å². The minimum absolute atomic E-state index is 0.250. The highest BCUT2D eigenvalue weighted by Crippen LogP contribution is 2.32. The molecule has 0 unspecified atom stereocenters. The molecule has 2 aliphatic rings. The van der Waals surface area contributed by atoms with E-state index in [1.54, 1.807) is 0 Å². The van der Waals surface area contributed by atoms with Crippen molar-refractivity contribution in [1.29, 1.82) is 0 Å². The summed E-state index contributed by atoms with van der Waals surface area (Å²) >= 11 is 0. The number of carbonyl (C=O) groups is 2. The molecular weight excluding hydrogens is 365 g/mol. The van der Waals surface area contributed by atoms with Crippen LogP contribution in [0.4, 0.5) is 10.1 Å². The highest BCUT2D eigenvalue weighted by molar-refractivity contribution is 6.39. The van der Waals surface area contributed by atoms with E-state index in [4.69, 9.17) is 9.47 Å². The number of nitrogens with one attached hydrogen (secondary N) is 1. The number of amides is 2. The number of fused-ring (bicyclic) bond motifs is 1. The van der Waals surface area contributed by atoms with Crippen molar-refractivity contribution in [2.24, 2.45) is 0 Å². The van der Waals surface area contributed by atoms with Gasteiger partial charge in [-0.05, 0) is 42.0 Å². The summed E-state index contributed by atoms with van der Waals surface area (Å²) in [5.74, 6) is -0.180. The molecule has 28 heavy (non-hydrogen) atoms. The van der Waals surface area contributed by atoms with Crippen LogP contribution >= 0.6 is 0 Å². The second kappa shape index (κ2) is 7.85. The molecule has 0 atom stereocenters. The van der Waals surface area contributed by atoms with E-state index < -0.39 is 17.6 Å². The van der Waals surface area contributed by atoms with Crippen molar-refractivity contribution in [2.75, 3.05) is 38.3 Å². The van der Waals surface area contributed by atoms with Gasteiger partial charge < -0.3 is 19.7 Å². The number of hydrogen-bond acceptors (Lipinski definition) is 5. The maximum absolute atomic E-state index is 12.9. The quantitative estimate of drug-likeness (QED) is 0.817. The van der Waals surface area contributed by atoms with Gasteiger partial charge in [0.15, 0.2) is 11.5 Å². The Kier molecular flexibility index (Phi) is 5.12. The Balaban J connectivity index is 1.28. The van der Waals surface area contributed by atoms with E-state index in [2.05, 4.69) is 10.2 Å². The van der Waals surface area contributed by atoms with Gasteiger partial charge in [-0.25, -0.2) is 4.39 Å². The zero-order valence-electron chi connectivity index (χ0n) is 15.2. The molecule has 8 heteroatoms. The molecule has 2 aromatic carbocycles. The van der Waals surface area contributed by atoms with Crippen molar-refractivity contribution in [1.82, 2.24) is 9.80 Å². The first kappa shape index (κ1) is 18.2. The Bertz CT molecular complexity index is 880. The lowest BCUT2D eigenvalue weighted by molar-refractivity contribution is -0.144. The van der Waals surface area contributed by atoms with Crippen LogP contribution < -0.4 is 14.8 Å². The number of ether oxygens (including phenoxy) is 2. The Morgan fingerprint density at radius 1 is 0.964 bits per heavy atom. The largest absolute Gasteiger partial charge is 0.454 e. The van der Waals surface area contributed by atoms with Crippen LogP contribution in [0, 0.1) is 5.82 Å². The lowest BCUT2D eigenvalue weighted by Crippen LogP contribution is -2.51. The first-order valence-corrected chi connectivity index (χ1v) is 9.05. The van der Waals surface area contributed by atoms with E-state index in [-0.39, 0.29) is 6.79 Å². The van der Waals surface area contributed by atoms with Crippen molar-refractivity contribution in [2.45, 2.75) is 6.54 Å². The summed E-state index contributed by atoms with van der Waals surface area (Å²) in [6.45, 7) is 3.27. The average molecular weight is 385 g/mol. The number of rotatable bonds is 3. The topological polar surface area (TPSA) is 71.1 Å². The van der Waals surface area contributed by atoms with E-state index in [0.29, 0.717) is 31.9 Å². The van der Waals surface area contributed by atoms with Gasteiger partial charge in [0, 0.05) is 38.4 Å². The van der Waals surface area contributed by atoms with E-state index >= 15 is 0 Å². The first-order chi connectivity index (χ1) is 13.6. The van der Waals surface area contributed by atoms with Crippen LogP contribution in [0.15, 0.2) is 42.5 Å². The fourth-order valence-corrected chi connectivity index (χ4v) is 3.27. The van der Waals surface area contributed by atoms with Crippen molar-refractivity contribution in [3.8, 4) is 11.5 Å². The van der Waals surface area contributed by atoms with Crippen LogP contribution in [0.5, 0.6) is 11.5 Å². The zero-order valence-corrected chi connectivity index (χ0v) is 15.2. The minimum Gasteiger partial charge on any atom is -0.454 e. The van der Waals surface area contributed by atoms with Crippen LogP contribution in [0.1, 0.15) is 5.56 Å². The maximum Gasteiger partial charge on any atom is 0.313 e. The Labute approximate surface area is 161 Å². The second-order valence-electron chi connectivity index (χ2n) is 6.72. The predicted molar refractivity (Wildman–Crippen MR) is 99.5 cm³/mol. The molecule has 2 aliphatic heterocycles. The first-order valence-electron chi connectivity index (χ1n) is 9.05. The molecule has 0 radical (unpaired) electrons. The molecule has 1 saturated heterocycles. The molecule has 2 aromatic rings. The lowest BCUT2D eigenvalue weighted by atomic mass is 10.1. The molecule has 0 spiro atoms. The third kappa shape index (κ3) is 4.07. The van der Waals surface area contributed by atoms with E-state index in [1.807, 2.05) is 18.2 Å². The standard InChI is InChI=1S/C20H20FN3O4/c21-15-2-4-16(5-3-15)22-19(25)20(26)24-9-7-23(8-10-24)12-14-1-6-17-18(11-14)28-13-27-17/h1-6,11H,7-10,12-13H2,(H,22,25). The van der Waals surface area contributed by atoms with Crippen LogP contribution in [-0.4, -0.2) is 54.6 Å². The van der Waals surface area contributed by atoms with Crippen LogP contribution in [0.2, 0.25) is 0 Å². The summed E-state index contributed by atoms with van der Waals surface area (Å²) in [4.78, 5) is 28.3. The molecule has 0 aromatic heterocycles. The normalized spacial score (nSPS) is 16.1. The van der Waals surface area contributed by atoms with Crippen molar-refractivity contribution < 1.29 is 23.5 Å². The third-order valence-electron chi connectivity index (χ3n) is 4.80. The lowest BCUT2D eigenvalue weighted by Gasteiger charge is -2.34. The van der Waals surface area contributed by atoms with Crippen molar-refractivity contribution in [3.05, 3.63) is 53.8 Å². The molecule has 0 aliphatic carbocycles. The number of carbonyl (C=O) groups excluding carboxylic acids is 2. The van der Waals surface area contributed by atoms with Crippen molar-refractivity contribution in [3.63, 3.8) is 0 Å². The Hall–Kier alpha value is -3.13. The molecule has 1 N–H and O–H groups in total. The maximum atomic E-state index is 12.9. The molecule has 4 rings (SSSR count). The minimum atomic E-state index is -0.712. The smallest absolute Gasteiger partial charge is 0.313 e. The number of hydrogen-bond donors (Lipinski definition) is 1. The van der Waals surface area contributed by atoms with Gasteiger partial charge in [0.1, 0.15) is 5.82 Å². The van der Waals surface area contributed by atoms with Gasteiger partial charge in [-0.15, -0.1) is 0 Å². The van der Waals surface area contributed by atoms with Crippen molar-refractivity contribution >= 4 is 17.5 Å². The van der Waals surface area contributed by atoms with E-state index in [0.717, 1.165) is 23.6 Å². The highest BCUT2D eigenvalue weighted by atomic mass is 19.1. The van der Waals surface area contributed by atoms with Crippen LogP contribution in [0.3, 0.4) is 0 Å². The van der Waals surface area contributed by atoms with Crippen LogP contribution in [0.25, 0.3) is 0 Å². The fourth-order valence-electron chi connectivity index (χ4n) is 3.27. The number of piperazine rings is 1. The monoisotopic (exact) mass is 385 g/mol. The number of nitrogens with zero attached hydrogens (tertiary/aromatic N) is 2. The molecule has 146 valence electrons. The Morgan fingerprint density at radius 2 is 1.68 bits per heavy atom. The molecule has 7 nitrogen and oxygen atoms in total. The van der Waals surface area contributed by atoms with Gasteiger partial charge >= 0.3 is 11.8 Å². The van der Waals surface area contributed by atoms with Gasteiger partial charge in [-0.1, -0.05) is 6.07 Å². The molecule has 2 amide bonds. The summed E-state index contributed by atoms with van der Waals surface area (Å²) < 4.78 is 23.6. The van der Waals surface area contributed by atoms with Gasteiger partial charge in [0.05, 0.1) is 0 Å². The summed E-state index contributed by atoms with van der Waals surface area (Å²) in [5.41, 5.74) is 1.50. The van der Waals surface area contributed by atoms with Gasteiger partial charge in [0.25, 0.3) is 0 Å². The average Bonchev–Trinajstić information content (AvgIpc) is 3.17. The number of benzene rings is 2. The second-order valence-corrected chi connectivity index (χ2v) is 6.72. The van der Waals surface area contributed by atoms with Gasteiger partial charge in [0.2, 0.25) is 6.79 Å². The van der Waals surface area contributed by atoms with Gasteiger partial charge in [-0.3, -0.25) is 14.5 Å². The van der Waals surface area contributed by atoms with Crippen LogP contribution in [-0.2, 0) is 16.1 Å². The zero-order chi connectivity index (χ0) is 19.5. The predicted octanol–water partition coefficient (Wildman–Crippen LogP) is 1.84. The molecule has 0 saturated carbocycles. The van der Waals surface area contributed by atoms with E-state index in [9.17, 15) is 14.0 Å². The third-order valence-corrected chi connectivity index (χ3v) is 4.80. The summed E-state index contributed by atoms with van der Waals surface area (Å²) in [6.07, 6.45) is 0. The SMILES string of the molecule is O=C(Nc1ccc(F)cc1)C(=O)N1CCN(Cc2ccc3c(c2)OCO3)CC1. The fraction of sp³-hybridized carbons (Fsp3) is 0.300. The summed E-state index contributed by atoms with van der Waals surface area (Å²) in [7, 11) is 0. The van der Waals surface area contributed by atoms with Gasteiger partial charge in [-0.2, -0.15) is 0 Å².